The van der Waals surface area contributed by atoms with Crippen LogP contribution in [0, 0.1) is 11.3 Å². The molecule has 0 atom stereocenters. The number of benzene rings is 2. The smallest absolute Gasteiger partial charge is 0.292 e. The Bertz CT molecular complexity index is 1240. The van der Waals surface area contributed by atoms with Crippen molar-refractivity contribution in [3.63, 3.8) is 0 Å². The van der Waals surface area contributed by atoms with Crippen LogP contribution in [0.25, 0.3) is 5.52 Å². The molecular weight excluding hydrogens is 366 g/mol. The number of nitriles is 1. The molecule has 2 aromatic carbocycles. The Morgan fingerprint density at radius 1 is 0.828 bits per heavy atom. The van der Waals surface area contributed by atoms with E-state index in [0.717, 1.165) is 0 Å². The highest BCUT2D eigenvalue weighted by Crippen LogP contribution is 2.17. The standard InChI is InChI=1S/C22H15N5O2/c23-14-15-9-11-17(12-10-15)24-21(28)19-18-8-4-5-13-27(18)20(26-19)22(29)25-16-6-2-1-3-7-16/h1-13H,(H,24,28)(H,25,29). The van der Waals surface area contributed by atoms with Gasteiger partial charge in [0.05, 0.1) is 17.1 Å². The van der Waals surface area contributed by atoms with Crippen molar-refractivity contribution < 1.29 is 9.59 Å². The van der Waals surface area contributed by atoms with Crippen molar-refractivity contribution in [2.75, 3.05) is 10.6 Å². The summed E-state index contributed by atoms with van der Waals surface area (Å²) in [5.41, 5.74) is 2.30. The SMILES string of the molecule is N#Cc1ccc(NC(=O)c2nc(C(=O)Nc3ccccc3)n3ccccc23)cc1. The van der Waals surface area contributed by atoms with Crippen LogP contribution in [0.2, 0.25) is 0 Å². The highest BCUT2D eigenvalue weighted by molar-refractivity contribution is 6.10. The van der Waals surface area contributed by atoms with E-state index in [1.54, 1.807) is 65.2 Å². The molecule has 0 spiro atoms. The zero-order chi connectivity index (χ0) is 20.2. The molecule has 0 fully saturated rings. The fraction of sp³-hybridized carbons (Fsp3) is 0. The van der Waals surface area contributed by atoms with Gasteiger partial charge in [-0.25, -0.2) is 4.98 Å². The van der Waals surface area contributed by atoms with Crippen molar-refractivity contribution in [1.29, 1.82) is 5.26 Å². The fourth-order valence-electron chi connectivity index (χ4n) is 2.89. The third kappa shape index (κ3) is 3.68. The Morgan fingerprint density at radius 3 is 2.21 bits per heavy atom. The number of aromatic nitrogens is 2. The number of hydrogen-bond acceptors (Lipinski definition) is 4. The number of rotatable bonds is 4. The van der Waals surface area contributed by atoms with Crippen LogP contribution in [0.15, 0.2) is 79.0 Å². The second-order valence-electron chi connectivity index (χ2n) is 6.20. The lowest BCUT2D eigenvalue weighted by Gasteiger charge is -2.03. The van der Waals surface area contributed by atoms with E-state index in [0.29, 0.717) is 22.5 Å². The molecule has 4 aromatic rings. The molecule has 0 aliphatic carbocycles. The zero-order valence-corrected chi connectivity index (χ0v) is 15.2. The number of fused-ring (bicyclic) bond motifs is 1. The predicted octanol–water partition coefficient (Wildman–Crippen LogP) is 3.71. The number of para-hydroxylation sites is 1. The number of carbonyl (C=O) groups is 2. The Kier molecular flexibility index (Phi) is 4.74. The fourth-order valence-corrected chi connectivity index (χ4v) is 2.89. The lowest BCUT2D eigenvalue weighted by molar-refractivity contribution is 0.101. The van der Waals surface area contributed by atoms with Crippen LogP contribution in [-0.4, -0.2) is 21.2 Å². The third-order valence-electron chi connectivity index (χ3n) is 4.27. The molecule has 0 aliphatic heterocycles. The van der Waals surface area contributed by atoms with Gasteiger partial charge in [0.1, 0.15) is 0 Å². The van der Waals surface area contributed by atoms with Gasteiger partial charge in [-0.1, -0.05) is 24.3 Å². The van der Waals surface area contributed by atoms with Gasteiger partial charge in [-0.05, 0) is 48.5 Å². The molecule has 7 heteroatoms. The van der Waals surface area contributed by atoms with E-state index in [1.165, 1.54) is 0 Å². The maximum absolute atomic E-state index is 12.8. The molecule has 7 nitrogen and oxygen atoms in total. The van der Waals surface area contributed by atoms with Crippen LogP contribution in [0.1, 0.15) is 26.7 Å². The average molecular weight is 381 g/mol. The topological polar surface area (TPSA) is 99.3 Å². The van der Waals surface area contributed by atoms with Crippen LogP contribution in [0.4, 0.5) is 11.4 Å². The van der Waals surface area contributed by atoms with E-state index < -0.39 is 11.8 Å². The summed E-state index contributed by atoms with van der Waals surface area (Å²) in [5.74, 6) is -0.763. The molecule has 0 bridgehead atoms. The molecule has 0 unspecified atom stereocenters. The second kappa shape index (κ2) is 7.66. The molecule has 2 aromatic heterocycles. The Morgan fingerprint density at radius 2 is 1.48 bits per heavy atom. The molecule has 0 saturated carbocycles. The Balaban J connectivity index is 1.65. The molecule has 2 N–H and O–H groups in total. The molecule has 0 aliphatic rings. The lowest BCUT2D eigenvalue weighted by Crippen LogP contribution is -2.16. The number of pyridine rings is 1. The van der Waals surface area contributed by atoms with Crippen LogP contribution >= 0.6 is 0 Å². The van der Waals surface area contributed by atoms with Gasteiger partial charge in [0.25, 0.3) is 11.8 Å². The van der Waals surface area contributed by atoms with Crippen LogP contribution in [0.5, 0.6) is 0 Å². The van der Waals surface area contributed by atoms with Crippen LogP contribution in [-0.2, 0) is 0 Å². The van der Waals surface area contributed by atoms with Gasteiger partial charge >= 0.3 is 0 Å². The minimum atomic E-state index is -0.447. The van der Waals surface area contributed by atoms with E-state index in [1.807, 2.05) is 24.3 Å². The number of nitrogens with one attached hydrogen (secondary N) is 2. The molecular formula is C22H15N5O2. The van der Waals surface area contributed by atoms with Gasteiger partial charge in [-0.3, -0.25) is 14.0 Å². The first-order valence-electron chi connectivity index (χ1n) is 8.81. The summed E-state index contributed by atoms with van der Waals surface area (Å²) in [6, 6.07) is 22.8. The number of nitrogens with zero attached hydrogens (tertiary/aromatic N) is 3. The summed E-state index contributed by atoms with van der Waals surface area (Å²) in [5, 5.41) is 14.4. The first kappa shape index (κ1) is 17.9. The third-order valence-corrected chi connectivity index (χ3v) is 4.27. The molecule has 4 rings (SSSR count). The second-order valence-corrected chi connectivity index (χ2v) is 6.20. The van der Waals surface area contributed by atoms with E-state index in [9.17, 15) is 9.59 Å². The number of hydrogen-bond donors (Lipinski definition) is 2. The molecule has 2 heterocycles. The number of anilines is 2. The van der Waals surface area contributed by atoms with Crippen molar-refractivity contribution in [2.45, 2.75) is 0 Å². The summed E-state index contributed by atoms with van der Waals surface area (Å²) in [7, 11) is 0. The highest BCUT2D eigenvalue weighted by atomic mass is 16.2. The van der Waals surface area contributed by atoms with Crippen LogP contribution in [0.3, 0.4) is 0 Å². The predicted molar refractivity (Wildman–Crippen MR) is 109 cm³/mol. The van der Waals surface area contributed by atoms with E-state index >= 15 is 0 Å². The largest absolute Gasteiger partial charge is 0.321 e. The summed E-state index contributed by atoms with van der Waals surface area (Å²) in [6.07, 6.45) is 1.68. The van der Waals surface area contributed by atoms with Crippen LogP contribution < -0.4 is 10.6 Å². The lowest BCUT2D eigenvalue weighted by atomic mass is 10.2. The normalized spacial score (nSPS) is 10.3. The molecule has 0 saturated heterocycles. The summed E-state index contributed by atoms with van der Waals surface area (Å²) in [6.45, 7) is 0. The van der Waals surface area contributed by atoms with Crippen molar-refractivity contribution in [3.8, 4) is 6.07 Å². The quantitative estimate of drug-likeness (QED) is 0.563. The first-order valence-corrected chi connectivity index (χ1v) is 8.81. The number of carbonyl (C=O) groups excluding carboxylic acids is 2. The van der Waals surface area contributed by atoms with Crippen molar-refractivity contribution in [3.05, 3.63) is 96.1 Å². The summed E-state index contributed by atoms with van der Waals surface area (Å²) < 4.78 is 1.58. The van der Waals surface area contributed by atoms with Crippen molar-refractivity contribution >= 4 is 28.7 Å². The highest BCUT2D eigenvalue weighted by Gasteiger charge is 2.21. The molecule has 2 amide bonds. The van der Waals surface area contributed by atoms with E-state index in [2.05, 4.69) is 15.6 Å². The Hall–Kier alpha value is -4.44. The monoisotopic (exact) mass is 381 g/mol. The van der Waals surface area contributed by atoms with Gasteiger partial charge in [0.2, 0.25) is 5.82 Å². The minimum Gasteiger partial charge on any atom is -0.321 e. The zero-order valence-electron chi connectivity index (χ0n) is 15.2. The van der Waals surface area contributed by atoms with Gasteiger partial charge in [0.15, 0.2) is 5.69 Å². The number of imidazole rings is 1. The van der Waals surface area contributed by atoms with Crippen molar-refractivity contribution in [1.82, 2.24) is 9.38 Å². The number of amides is 2. The summed E-state index contributed by atoms with van der Waals surface area (Å²) >= 11 is 0. The van der Waals surface area contributed by atoms with Crippen molar-refractivity contribution in [2.24, 2.45) is 0 Å². The minimum absolute atomic E-state index is 0.106. The van der Waals surface area contributed by atoms with Gasteiger partial charge < -0.3 is 10.6 Å². The van der Waals surface area contributed by atoms with Gasteiger partial charge in [0, 0.05) is 17.6 Å². The first-order chi connectivity index (χ1) is 14.2. The summed E-state index contributed by atoms with van der Waals surface area (Å²) in [4.78, 5) is 29.8. The molecule has 29 heavy (non-hydrogen) atoms. The molecule has 140 valence electrons. The Labute approximate surface area is 166 Å². The van der Waals surface area contributed by atoms with Gasteiger partial charge in [-0.2, -0.15) is 5.26 Å². The van der Waals surface area contributed by atoms with E-state index in [-0.39, 0.29) is 11.5 Å². The maximum Gasteiger partial charge on any atom is 0.292 e. The average Bonchev–Trinajstić information content (AvgIpc) is 3.15. The van der Waals surface area contributed by atoms with E-state index in [4.69, 9.17) is 5.26 Å². The van der Waals surface area contributed by atoms with Gasteiger partial charge in [-0.15, -0.1) is 0 Å². The molecule has 0 radical (unpaired) electrons. The maximum atomic E-state index is 12.8.